The van der Waals surface area contributed by atoms with Crippen LogP contribution in [0.15, 0.2) is 34.8 Å². The third-order valence-corrected chi connectivity index (χ3v) is 4.16. The maximum absolute atomic E-state index is 12.4. The summed E-state index contributed by atoms with van der Waals surface area (Å²) >= 11 is 3.37. The lowest BCUT2D eigenvalue weighted by Gasteiger charge is -2.14. The molecule has 1 amide bonds. The van der Waals surface area contributed by atoms with Crippen LogP contribution in [0.5, 0.6) is 0 Å². The Balaban J connectivity index is 1.78. The van der Waals surface area contributed by atoms with Gasteiger partial charge in [-0.1, -0.05) is 28.1 Å². The quantitative estimate of drug-likeness (QED) is 0.790. The Kier molecular flexibility index (Phi) is 3.29. The van der Waals surface area contributed by atoms with Crippen molar-refractivity contribution in [1.29, 1.82) is 0 Å². The van der Waals surface area contributed by atoms with Crippen molar-refractivity contribution < 1.29 is 14.7 Å². The predicted octanol–water partition coefficient (Wildman–Crippen LogP) is 2.54. The molecule has 1 heterocycles. The standard InChI is InChI=1S/C14H12BrN3O3/c15-9-3-1-8(2-4-9)14(5-6-14)13(21)16-11-7-10(12(19)20)17-18-11/h1-4,7H,5-6H2,(H,19,20)(H2,16,17,18,21). The Labute approximate surface area is 128 Å². The van der Waals surface area contributed by atoms with E-state index in [9.17, 15) is 9.59 Å². The highest BCUT2D eigenvalue weighted by atomic mass is 79.9. The molecule has 1 saturated carbocycles. The largest absolute Gasteiger partial charge is 0.477 e. The highest BCUT2D eigenvalue weighted by Crippen LogP contribution is 2.49. The van der Waals surface area contributed by atoms with Crippen LogP contribution in [0.2, 0.25) is 0 Å². The number of anilines is 1. The van der Waals surface area contributed by atoms with Crippen molar-refractivity contribution in [2.24, 2.45) is 0 Å². The molecule has 1 fully saturated rings. The van der Waals surface area contributed by atoms with Gasteiger partial charge in [0.25, 0.3) is 0 Å². The number of benzene rings is 1. The SMILES string of the molecule is O=C(O)c1cc(NC(=O)C2(c3ccc(Br)cc3)CC2)n[nH]1. The van der Waals surface area contributed by atoms with Gasteiger partial charge >= 0.3 is 5.97 Å². The van der Waals surface area contributed by atoms with Gasteiger partial charge in [0.15, 0.2) is 5.82 Å². The fourth-order valence-electron chi connectivity index (χ4n) is 2.27. The van der Waals surface area contributed by atoms with Gasteiger partial charge in [-0.3, -0.25) is 9.89 Å². The van der Waals surface area contributed by atoms with Crippen LogP contribution in [0, 0.1) is 0 Å². The second-order valence-electron chi connectivity index (χ2n) is 5.02. The van der Waals surface area contributed by atoms with E-state index in [1.807, 2.05) is 24.3 Å². The van der Waals surface area contributed by atoms with Crippen molar-refractivity contribution in [3.63, 3.8) is 0 Å². The lowest BCUT2D eigenvalue weighted by atomic mass is 9.95. The number of halogens is 1. The lowest BCUT2D eigenvalue weighted by molar-refractivity contribution is -0.118. The van der Waals surface area contributed by atoms with Crippen molar-refractivity contribution in [3.8, 4) is 0 Å². The summed E-state index contributed by atoms with van der Waals surface area (Å²) in [7, 11) is 0. The molecule has 0 spiro atoms. The molecule has 0 bridgehead atoms. The van der Waals surface area contributed by atoms with E-state index in [1.165, 1.54) is 6.07 Å². The van der Waals surface area contributed by atoms with Gasteiger partial charge in [0.05, 0.1) is 5.41 Å². The average Bonchev–Trinajstić information content (AvgIpc) is 3.13. The molecule has 0 saturated heterocycles. The molecule has 6 nitrogen and oxygen atoms in total. The maximum Gasteiger partial charge on any atom is 0.353 e. The first-order valence-corrected chi connectivity index (χ1v) is 7.17. The van der Waals surface area contributed by atoms with Gasteiger partial charge < -0.3 is 10.4 Å². The summed E-state index contributed by atoms with van der Waals surface area (Å²) in [6.45, 7) is 0. The van der Waals surface area contributed by atoms with Crippen LogP contribution in [0.25, 0.3) is 0 Å². The summed E-state index contributed by atoms with van der Waals surface area (Å²) in [5.74, 6) is -1.05. The molecule has 1 aromatic heterocycles. The zero-order valence-corrected chi connectivity index (χ0v) is 12.5. The van der Waals surface area contributed by atoms with E-state index in [4.69, 9.17) is 5.11 Å². The lowest BCUT2D eigenvalue weighted by Crippen LogP contribution is -2.27. The van der Waals surface area contributed by atoms with Gasteiger partial charge in [-0.2, -0.15) is 5.10 Å². The maximum atomic E-state index is 12.4. The summed E-state index contributed by atoms with van der Waals surface area (Å²) in [6, 6.07) is 8.95. The molecule has 0 unspecified atom stereocenters. The van der Waals surface area contributed by atoms with E-state index in [2.05, 4.69) is 31.4 Å². The van der Waals surface area contributed by atoms with Crippen molar-refractivity contribution in [2.75, 3.05) is 5.32 Å². The van der Waals surface area contributed by atoms with E-state index < -0.39 is 11.4 Å². The van der Waals surface area contributed by atoms with E-state index in [-0.39, 0.29) is 17.4 Å². The topological polar surface area (TPSA) is 95.1 Å². The number of amides is 1. The van der Waals surface area contributed by atoms with E-state index >= 15 is 0 Å². The second-order valence-corrected chi connectivity index (χ2v) is 5.93. The Morgan fingerprint density at radius 3 is 2.48 bits per heavy atom. The minimum absolute atomic E-state index is 0.0567. The molecule has 0 atom stereocenters. The van der Waals surface area contributed by atoms with Gasteiger partial charge in [-0.15, -0.1) is 0 Å². The van der Waals surface area contributed by atoms with Gasteiger partial charge in [0.1, 0.15) is 5.69 Å². The third kappa shape index (κ3) is 2.56. The van der Waals surface area contributed by atoms with Crippen molar-refractivity contribution in [3.05, 3.63) is 46.1 Å². The molecule has 7 heteroatoms. The summed E-state index contributed by atoms with van der Waals surface area (Å²) < 4.78 is 0.959. The minimum Gasteiger partial charge on any atom is -0.477 e. The number of hydrogen-bond acceptors (Lipinski definition) is 3. The minimum atomic E-state index is -1.11. The molecular weight excluding hydrogens is 338 g/mol. The van der Waals surface area contributed by atoms with E-state index in [0.717, 1.165) is 22.9 Å². The Hall–Kier alpha value is -2.15. The molecule has 3 N–H and O–H groups in total. The highest BCUT2D eigenvalue weighted by molar-refractivity contribution is 9.10. The molecule has 0 aliphatic heterocycles. The van der Waals surface area contributed by atoms with Crippen LogP contribution in [-0.4, -0.2) is 27.2 Å². The second kappa shape index (κ2) is 5.00. The van der Waals surface area contributed by atoms with Gasteiger partial charge in [0, 0.05) is 10.5 Å². The van der Waals surface area contributed by atoms with Gasteiger partial charge in [-0.05, 0) is 30.5 Å². The molecule has 1 aliphatic rings. The molecule has 1 aromatic carbocycles. The number of nitrogens with one attached hydrogen (secondary N) is 2. The fraction of sp³-hybridized carbons (Fsp3) is 0.214. The first-order valence-electron chi connectivity index (χ1n) is 6.37. The van der Waals surface area contributed by atoms with Crippen LogP contribution in [0.4, 0.5) is 5.82 Å². The van der Waals surface area contributed by atoms with Crippen LogP contribution < -0.4 is 5.32 Å². The van der Waals surface area contributed by atoms with E-state index in [1.54, 1.807) is 0 Å². The summed E-state index contributed by atoms with van der Waals surface area (Å²) in [5.41, 5.74) is 0.374. The van der Waals surface area contributed by atoms with Gasteiger partial charge in [0.2, 0.25) is 5.91 Å². The summed E-state index contributed by atoms with van der Waals surface area (Å²) in [5, 5.41) is 17.6. The number of nitrogens with zero attached hydrogens (tertiary/aromatic N) is 1. The molecule has 3 rings (SSSR count). The average molecular weight is 350 g/mol. The number of carboxylic acids is 1. The zero-order chi connectivity index (χ0) is 15.0. The first kappa shape index (κ1) is 13.8. The molecule has 0 radical (unpaired) electrons. The molecule has 21 heavy (non-hydrogen) atoms. The van der Waals surface area contributed by atoms with Crippen molar-refractivity contribution >= 4 is 33.6 Å². The summed E-state index contributed by atoms with van der Waals surface area (Å²) in [6.07, 6.45) is 1.55. The number of aromatic nitrogens is 2. The van der Waals surface area contributed by atoms with Crippen molar-refractivity contribution in [1.82, 2.24) is 10.2 Å². The first-order chi connectivity index (χ1) is 10.0. The van der Waals surface area contributed by atoms with Crippen LogP contribution in [-0.2, 0) is 10.2 Å². The monoisotopic (exact) mass is 349 g/mol. The molecule has 108 valence electrons. The number of hydrogen-bond donors (Lipinski definition) is 3. The van der Waals surface area contributed by atoms with Crippen LogP contribution in [0.3, 0.4) is 0 Å². The third-order valence-electron chi connectivity index (χ3n) is 3.63. The number of carbonyl (C=O) groups is 2. The van der Waals surface area contributed by atoms with Crippen molar-refractivity contribution in [2.45, 2.75) is 18.3 Å². The van der Waals surface area contributed by atoms with Crippen LogP contribution >= 0.6 is 15.9 Å². The number of carboxylic acid groups (broad SMARTS) is 1. The molecular formula is C14H12BrN3O3. The predicted molar refractivity (Wildman–Crippen MR) is 79.2 cm³/mol. The highest BCUT2D eigenvalue weighted by Gasteiger charge is 2.51. The molecule has 1 aliphatic carbocycles. The molecule has 2 aromatic rings. The number of rotatable bonds is 4. The zero-order valence-electron chi connectivity index (χ0n) is 10.9. The number of H-pyrrole nitrogens is 1. The Bertz CT molecular complexity index is 705. The Morgan fingerprint density at radius 1 is 1.29 bits per heavy atom. The smallest absolute Gasteiger partial charge is 0.353 e. The van der Waals surface area contributed by atoms with Gasteiger partial charge in [-0.25, -0.2) is 4.79 Å². The number of aromatic amines is 1. The summed E-state index contributed by atoms with van der Waals surface area (Å²) in [4.78, 5) is 23.2. The fourth-order valence-corrected chi connectivity index (χ4v) is 2.54. The van der Waals surface area contributed by atoms with Crippen LogP contribution in [0.1, 0.15) is 28.9 Å². The normalized spacial score (nSPS) is 15.5. The number of aromatic carboxylic acids is 1. The Morgan fingerprint density at radius 2 is 1.95 bits per heavy atom. The van der Waals surface area contributed by atoms with E-state index in [0.29, 0.717) is 0 Å². The number of carbonyl (C=O) groups excluding carboxylic acids is 1.